The first-order valence-electron chi connectivity index (χ1n) is 4.41. The summed E-state index contributed by atoms with van der Waals surface area (Å²) in [5.41, 5.74) is 1.59. The number of rotatable bonds is 3. The van der Waals surface area contributed by atoms with Crippen molar-refractivity contribution in [1.29, 1.82) is 0 Å². The van der Waals surface area contributed by atoms with E-state index in [-0.39, 0.29) is 18.1 Å². The van der Waals surface area contributed by atoms with E-state index in [0.717, 1.165) is 11.1 Å². The van der Waals surface area contributed by atoms with Crippen LogP contribution < -0.4 is 0 Å². The number of aliphatic hydroxyl groups is 1. The summed E-state index contributed by atoms with van der Waals surface area (Å²) in [4.78, 5) is 0. The van der Waals surface area contributed by atoms with E-state index in [9.17, 15) is 5.11 Å². The number of phenolic OH excluding ortho intramolecular Hbond substituents is 2. The van der Waals surface area contributed by atoms with Crippen LogP contribution in [0.25, 0.3) is 0 Å². The molecule has 1 aromatic rings. The molecule has 14 heavy (non-hydrogen) atoms. The second kappa shape index (κ2) is 4.67. The van der Waals surface area contributed by atoms with Gasteiger partial charge in [0, 0.05) is 6.07 Å². The average molecular weight is 194 g/mol. The van der Waals surface area contributed by atoms with Crippen molar-refractivity contribution in [3.8, 4) is 11.5 Å². The van der Waals surface area contributed by atoms with Gasteiger partial charge in [-0.1, -0.05) is 17.7 Å². The maximum Gasteiger partial charge on any atom is 0.122 e. The van der Waals surface area contributed by atoms with E-state index in [1.807, 2.05) is 13.0 Å². The van der Waals surface area contributed by atoms with Crippen LogP contribution in [0, 0.1) is 0 Å². The van der Waals surface area contributed by atoms with E-state index in [1.165, 1.54) is 12.1 Å². The highest BCUT2D eigenvalue weighted by Gasteiger charge is 2.00. The Morgan fingerprint density at radius 2 is 2.07 bits per heavy atom. The minimum absolute atomic E-state index is 0.0266. The Bertz CT molecular complexity index is 342. The summed E-state index contributed by atoms with van der Waals surface area (Å²) in [6.45, 7) is 1.84. The molecule has 0 aliphatic heterocycles. The second-order valence-electron chi connectivity index (χ2n) is 3.23. The van der Waals surface area contributed by atoms with Gasteiger partial charge in [0.25, 0.3) is 0 Å². The minimum atomic E-state index is 0.0266. The van der Waals surface area contributed by atoms with Crippen molar-refractivity contribution in [2.75, 3.05) is 6.61 Å². The molecule has 0 unspecified atom stereocenters. The van der Waals surface area contributed by atoms with Gasteiger partial charge in [0.15, 0.2) is 0 Å². The summed E-state index contributed by atoms with van der Waals surface area (Å²) in [7, 11) is 0. The Hall–Kier alpha value is -1.48. The maximum absolute atomic E-state index is 9.43. The zero-order valence-corrected chi connectivity index (χ0v) is 8.07. The van der Waals surface area contributed by atoms with Gasteiger partial charge < -0.3 is 15.3 Å². The van der Waals surface area contributed by atoms with Gasteiger partial charge in [-0.05, 0) is 25.0 Å². The van der Waals surface area contributed by atoms with Crippen molar-refractivity contribution in [3.05, 3.63) is 35.4 Å². The molecule has 1 aromatic carbocycles. The fourth-order valence-corrected chi connectivity index (χ4v) is 1.07. The fourth-order valence-electron chi connectivity index (χ4n) is 1.07. The van der Waals surface area contributed by atoms with Crippen LogP contribution in [0.5, 0.6) is 11.5 Å². The van der Waals surface area contributed by atoms with Gasteiger partial charge in [0.2, 0.25) is 0 Å². The number of allylic oxidation sites excluding steroid dienone is 1. The molecule has 0 radical (unpaired) electrons. The van der Waals surface area contributed by atoms with Crippen molar-refractivity contribution < 1.29 is 15.3 Å². The molecule has 1 rings (SSSR count). The molecular weight excluding hydrogens is 180 g/mol. The summed E-state index contributed by atoms with van der Waals surface area (Å²) in [6, 6.07) is 4.49. The molecule has 3 heteroatoms. The van der Waals surface area contributed by atoms with Crippen molar-refractivity contribution in [1.82, 2.24) is 0 Å². The summed E-state index contributed by atoms with van der Waals surface area (Å²) < 4.78 is 0. The van der Waals surface area contributed by atoms with E-state index in [2.05, 4.69) is 0 Å². The highest BCUT2D eigenvalue weighted by Crippen LogP contribution is 2.23. The predicted octanol–water partition coefficient (Wildman–Crippen LogP) is 1.58. The van der Waals surface area contributed by atoms with E-state index in [1.54, 1.807) is 6.07 Å². The minimum Gasteiger partial charge on any atom is -0.508 e. The molecule has 0 saturated heterocycles. The first kappa shape index (κ1) is 10.6. The van der Waals surface area contributed by atoms with Crippen LogP contribution in [0.2, 0.25) is 0 Å². The molecule has 0 spiro atoms. The largest absolute Gasteiger partial charge is 0.508 e. The summed E-state index contributed by atoms with van der Waals surface area (Å²) in [5.74, 6) is 0.126. The second-order valence-corrected chi connectivity index (χ2v) is 3.23. The zero-order chi connectivity index (χ0) is 10.6. The molecule has 0 bridgehead atoms. The summed E-state index contributed by atoms with van der Waals surface area (Å²) >= 11 is 0. The SMILES string of the molecule is C/C(=C\Cc1ccc(O)cc1O)CO. The van der Waals surface area contributed by atoms with E-state index < -0.39 is 0 Å². The summed E-state index contributed by atoms with van der Waals surface area (Å²) in [6.07, 6.45) is 2.39. The Labute approximate surface area is 82.9 Å². The fraction of sp³-hybridized carbons (Fsp3) is 0.273. The van der Waals surface area contributed by atoms with E-state index in [4.69, 9.17) is 10.2 Å². The third-order valence-corrected chi connectivity index (χ3v) is 1.99. The van der Waals surface area contributed by atoms with E-state index >= 15 is 0 Å². The molecule has 0 saturated carbocycles. The van der Waals surface area contributed by atoms with E-state index in [0.29, 0.717) is 6.42 Å². The molecule has 0 aliphatic rings. The first-order valence-corrected chi connectivity index (χ1v) is 4.41. The van der Waals surface area contributed by atoms with Crippen molar-refractivity contribution in [2.24, 2.45) is 0 Å². The molecular formula is C11H14O3. The highest BCUT2D eigenvalue weighted by molar-refractivity contribution is 5.40. The topological polar surface area (TPSA) is 60.7 Å². The van der Waals surface area contributed by atoms with Crippen molar-refractivity contribution in [3.63, 3.8) is 0 Å². The lowest BCUT2D eigenvalue weighted by molar-refractivity contribution is 0.331. The predicted molar refractivity (Wildman–Crippen MR) is 54.3 cm³/mol. The quantitative estimate of drug-likeness (QED) is 0.640. The Balaban J connectivity index is 2.77. The lowest BCUT2D eigenvalue weighted by Crippen LogP contribution is -1.87. The Morgan fingerprint density at radius 3 is 2.64 bits per heavy atom. The van der Waals surface area contributed by atoms with Crippen LogP contribution in [0.3, 0.4) is 0 Å². The molecule has 0 fully saturated rings. The third-order valence-electron chi connectivity index (χ3n) is 1.99. The van der Waals surface area contributed by atoms with Gasteiger partial charge in [-0.25, -0.2) is 0 Å². The number of aromatic hydroxyl groups is 2. The number of aliphatic hydroxyl groups excluding tert-OH is 1. The lowest BCUT2D eigenvalue weighted by Gasteiger charge is -2.02. The van der Waals surface area contributed by atoms with Gasteiger partial charge in [0.1, 0.15) is 11.5 Å². The van der Waals surface area contributed by atoms with Gasteiger partial charge in [-0.2, -0.15) is 0 Å². The average Bonchev–Trinajstić information content (AvgIpc) is 2.16. The van der Waals surface area contributed by atoms with Crippen LogP contribution in [-0.4, -0.2) is 21.9 Å². The molecule has 0 amide bonds. The summed E-state index contributed by atoms with van der Waals surface area (Å²) in [5, 5.41) is 27.2. The van der Waals surface area contributed by atoms with Gasteiger partial charge in [0.05, 0.1) is 6.61 Å². The number of phenols is 2. The van der Waals surface area contributed by atoms with Gasteiger partial charge >= 0.3 is 0 Å². The van der Waals surface area contributed by atoms with Crippen LogP contribution in [-0.2, 0) is 6.42 Å². The molecule has 0 atom stereocenters. The normalized spacial score (nSPS) is 11.7. The smallest absolute Gasteiger partial charge is 0.122 e. The lowest BCUT2D eigenvalue weighted by atomic mass is 10.1. The van der Waals surface area contributed by atoms with Crippen LogP contribution >= 0.6 is 0 Å². The zero-order valence-electron chi connectivity index (χ0n) is 8.07. The van der Waals surface area contributed by atoms with Crippen molar-refractivity contribution in [2.45, 2.75) is 13.3 Å². The maximum atomic E-state index is 9.43. The highest BCUT2D eigenvalue weighted by atomic mass is 16.3. The Kier molecular flexibility index (Phi) is 3.54. The molecule has 3 N–H and O–H groups in total. The number of hydrogen-bond donors (Lipinski definition) is 3. The van der Waals surface area contributed by atoms with Gasteiger partial charge in [-0.3, -0.25) is 0 Å². The first-order chi connectivity index (χ1) is 6.63. The molecule has 0 aliphatic carbocycles. The van der Waals surface area contributed by atoms with Gasteiger partial charge in [-0.15, -0.1) is 0 Å². The van der Waals surface area contributed by atoms with Crippen molar-refractivity contribution >= 4 is 0 Å². The molecule has 76 valence electrons. The third kappa shape index (κ3) is 2.78. The van der Waals surface area contributed by atoms with Crippen LogP contribution in [0.15, 0.2) is 29.8 Å². The number of hydrogen-bond acceptors (Lipinski definition) is 3. The molecule has 0 heterocycles. The van der Waals surface area contributed by atoms with Crippen LogP contribution in [0.1, 0.15) is 12.5 Å². The number of benzene rings is 1. The Morgan fingerprint density at radius 1 is 1.36 bits per heavy atom. The monoisotopic (exact) mass is 194 g/mol. The molecule has 0 aromatic heterocycles. The molecule has 3 nitrogen and oxygen atoms in total. The van der Waals surface area contributed by atoms with Crippen LogP contribution in [0.4, 0.5) is 0 Å². The standard InChI is InChI=1S/C11H14O3/c1-8(7-12)2-3-9-4-5-10(13)6-11(9)14/h2,4-6,12-14H,3,7H2,1H3/b8-2+.